The van der Waals surface area contributed by atoms with Crippen LogP contribution in [0.4, 0.5) is 16.2 Å². The summed E-state index contributed by atoms with van der Waals surface area (Å²) in [5, 5.41) is 5.94. The molecule has 0 aromatic heterocycles. The number of fused-ring (bicyclic) bond motifs is 1. The molecule has 1 atom stereocenters. The summed E-state index contributed by atoms with van der Waals surface area (Å²) < 4.78 is 10.7. The number of nitrogens with one attached hydrogen (secondary N) is 2. The smallest absolute Gasteiger partial charge is 0.408 e. The zero-order valence-electron chi connectivity index (χ0n) is 20.9. The number of benzene rings is 2. The van der Waals surface area contributed by atoms with Gasteiger partial charge in [0.2, 0.25) is 0 Å². The van der Waals surface area contributed by atoms with Crippen LogP contribution in [0.15, 0.2) is 42.5 Å². The van der Waals surface area contributed by atoms with Crippen molar-refractivity contribution in [1.29, 1.82) is 0 Å². The Hall–Kier alpha value is -3.22. The van der Waals surface area contributed by atoms with Gasteiger partial charge in [-0.3, -0.25) is 4.79 Å². The van der Waals surface area contributed by atoms with Crippen molar-refractivity contribution in [3.63, 3.8) is 0 Å². The van der Waals surface area contributed by atoms with Gasteiger partial charge >= 0.3 is 6.09 Å². The fourth-order valence-corrected chi connectivity index (χ4v) is 4.32. The van der Waals surface area contributed by atoms with Crippen LogP contribution in [0.2, 0.25) is 0 Å². The number of alkyl carbamates (subject to hydrolysis) is 1. The topological polar surface area (TPSA) is 79.9 Å². The molecule has 3 rings (SSSR count). The van der Waals surface area contributed by atoms with Gasteiger partial charge in [-0.15, -0.1) is 0 Å². The van der Waals surface area contributed by atoms with Gasteiger partial charge in [-0.05, 0) is 80.1 Å². The molecule has 7 heteroatoms. The molecule has 2 aromatic rings. The molecule has 0 bridgehead atoms. The van der Waals surface area contributed by atoms with Gasteiger partial charge in [0.05, 0.1) is 13.7 Å². The molecule has 1 unspecified atom stereocenters. The van der Waals surface area contributed by atoms with Crippen molar-refractivity contribution < 1.29 is 19.1 Å². The lowest BCUT2D eigenvalue weighted by Crippen LogP contribution is -2.60. The maximum atomic E-state index is 13.6. The standard InChI is InChI=1S/C27H37N3O4/c1-6-30(7-2)23-11-9-22(10-12-23)28-25(31)27(29-26(32)34-18-19(3)4)15-14-20-16-24(33-5)13-8-21(20)17-27/h8-13,16,19H,6-7,14-15,17-18H2,1-5H3,(H,28,31)(H,29,32). The molecular weight excluding hydrogens is 430 g/mol. The molecule has 2 aromatic carbocycles. The quantitative estimate of drug-likeness (QED) is 0.554. The highest BCUT2D eigenvalue weighted by Gasteiger charge is 2.43. The van der Waals surface area contributed by atoms with E-state index in [2.05, 4.69) is 29.4 Å². The zero-order chi connectivity index (χ0) is 24.7. The molecule has 184 valence electrons. The van der Waals surface area contributed by atoms with Crippen molar-refractivity contribution in [3.05, 3.63) is 53.6 Å². The highest BCUT2D eigenvalue weighted by atomic mass is 16.5. The summed E-state index contributed by atoms with van der Waals surface area (Å²) in [7, 11) is 1.64. The number of hydrogen-bond donors (Lipinski definition) is 2. The summed E-state index contributed by atoms with van der Waals surface area (Å²) in [6, 6.07) is 13.7. The molecule has 1 aliphatic carbocycles. The Bertz CT molecular complexity index is 986. The van der Waals surface area contributed by atoms with E-state index >= 15 is 0 Å². The van der Waals surface area contributed by atoms with Gasteiger partial charge in [0.15, 0.2) is 0 Å². The van der Waals surface area contributed by atoms with Gasteiger partial charge in [-0.1, -0.05) is 19.9 Å². The highest BCUT2D eigenvalue weighted by molar-refractivity contribution is 6.00. The second-order valence-corrected chi connectivity index (χ2v) is 9.18. The molecule has 1 aliphatic rings. The normalized spacial score (nSPS) is 17.0. The van der Waals surface area contributed by atoms with Gasteiger partial charge < -0.3 is 25.0 Å². The maximum absolute atomic E-state index is 13.6. The van der Waals surface area contributed by atoms with Crippen LogP contribution >= 0.6 is 0 Å². The molecule has 2 amide bonds. The molecule has 0 fully saturated rings. The summed E-state index contributed by atoms with van der Waals surface area (Å²) in [6.07, 6.45) is 0.920. The van der Waals surface area contributed by atoms with Crippen molar-refractivity contribution in [3.8, 4) is 5.75 Å². The lowest BCUT2D eigenvalue weighted by Gasteiger charge is -2.37. The average molecular weight is 468 g/mol. The van der Waals surface area contributed by atoms with Crippen LogP contribution in [0.5, 0.6) is 5.75 Å². The van der Waals surface area contributed by atoms with Crippen molar-refractivity contribution in [2.75, 3.05) is 37.0 Å². The Morgan fingerprint density at radius 3 is 2.38 bits per heavy atom. The molecule has 7 nitrogen and oxygen atoms in total. The third-order valence-corrected chi connectivity index (χ3v) is 6.30. The van der Waals surface area contributed by atoms with Crippen LogP contribution in [0.3, 0.4) is 0 Å². The second-order valence-electron chi connectivity index (χ2n) is 9.18. The highest BCUT2D eigenvalue weighted by Crippen LogP contribution is 2.32. The predicted octanol–water partition coefficient (Wildman–Crippen LogP) is 4.79. The summed E-state index contributed by atoms with van der Waals surface area (Å²) in [5.41, 5.74) is 2.84. The Kier molecular flexibility index (Phi) is 8.42. The summed E-state index contributed by atoms with van der Waals surface area (Å²) in [6.45, 7) is 10.3. The maximum Gasteiger partial charge on any atom is 0.408 e. The van der Waals surface area contributed by atoms with Crippen LogP contribution in [-0.2, 0) is 22.4 Å². The molecule has 0 heterocycles. The van der Waals surface area contributed by atoms with Crippen molar-refractivity contribution in [2.24, 2.45) is 5.92 Å². The Morgan fingerprint density at radius 1 is 1.06 bits per heavy atom. The van der Waals surface area contributed by atoms with Crippen LogP contribution in [0.25, 0.3) is 0 Å². The van der Waals surface area contributed by atoms with Crippen molar-refractivity contribution in [1.82, 2.24) is 5.32 Å². The van der Waals surface area contributed by atoms with Crippen molar-refractivity contribution >= 4 is 23.4 Å². The summed E-state index contributed by atoms with van der Waals surface area (Å²) in [4.78, 5) is 28.5. The number of anilines is 2. The fraction of sp³-hybridized carbons (Fsp3) is 0.481. The SMILES string of the molecule is CCN(CC)c1ccc(NC(=O)C2(NC(=O)OCC(C)C)CCc3cc(OC)ccc3C2)cc1. The third-order valence-electron chi connectivity index (χ3n) is 6.30. The molecule has 0 radical (unpaired) electrons. The van der Waals surface area contributed by atoms with E-state index < -0.39 is 11.6 Å². The minimum Gasteiger partial charge on any atom is -0.497 e. The number of carbonyl (C=O) groups is 2. The third kappa shape index (κ3) is 6.01. The lowest BCUT2D eigenvalue weighted by atomic mass is 9.77. The number of amides is 2. The van der Waals surface area contributed by atoms with Gasteiger partial charge in [-0.25, -0.2) is 4.79 Å². The number of hydrogen-bond acceptors (Lipinski definition) is 5. The molecule has 2 N–H and O–H groups in total. The first-order chi connectivity index (χ1) is 16.3. The number of aryl methyl sites for hydroxylation is 1. The van der Waals surface area contributed by atoms with Crippen LogP contribution in [0.1, 0.15) is 45.2 Å². The van der Waals surface area contributed by atoms with E-state index in [0.29, 0.717) is 31.6 Å². The lowest BCUT2D eigenvalue weighted by molar-refractivity contribution is -0.122. The first-order valence-electron chi connectivity index (χ1n) is 12.1. The Morgan fingerprint density at radius 2 is 1.76 bits per heavy atom. The van der Waals surface area contributed by atoms with E-state index in [0.717, 1.165) is 35.7 Å². The van der Waals surface area contributed by atoms with E-state index in [1.54, 1.807) is 7.11 Å². The minimum atomic E-state index is -1.10. The molecule has 0 spiro atoms. The van der Waals surface area contributed by atoms with E-state index in [4.69, 9.17) is 9.47 Å². The first-order valence-corrected chi connectivity index (χ1v) is 12.1. The number of methoxy groups -OCH3 is 1. The number of ether oxygens (including phenoxy) is 2. The van der Waals surface area contributed by atoms with E-state index in [-0.39, 0.29) is 11.8 Å². The Balaban J connectivity index is 1.83. The molecule has 0 saturated carbocycles. The van der Waals surface area contributed by atoms with E-state index in [1.165, 1.54) is 0 Å². The second kappa shape index (κ2) is 11.3. The number of carbonyl (C=O) groups excluding carboxylic acids is 2. The molecule has 0 saturated heterocycles. The summed E-state index contributed by atoms with van der Waals surface area (Å²) >= 11 is 0. The number of rotatable bonds is 9. The van der Waals surface area contributed by atoms with Crippen LogP contribution in [0, 0.1) is 5.92 Å². The van der Waals surface area contributed by atoms with Crippen LogP contribution in [-0.4, -0.2) is 44.3 Å². The monoisotopic (exact) mass is 467 g/mol. The summed E-state index contributed by atoms with van der Waals surface area (Å²) in [5.74, 6) is 0.749. The van der Waals surface area contributed by atoms with Gasteiger partial charge in [0.1, 0.15) is 11.3 Å². The van der Waals surface area contributed by atoms with Crippen molar-refractivity contribution in [2.45, 2.75) is 52.5 Å². The first kappa shape index (κ1) is 25.4. The molecular formula is C27H37N3O4. The van der Waals surface area contributed by atoms with Gasteiger partial charge in [-0.2, -0.15) is 0 Å². The van der Waals surface area contributed by atoms with Gasteiger partial charge in [0, 0.05) is 30.9 Å². The molecule has 0 aliphatic heterocycles. The largest absolute Gasteiger partial charge is 0.497 e. The predicted molar refractivity (Wildman–Crippen MR) is 136 cm³/mol. The van der Waals surface area contributed by atoms with E-state index in [9.17, 15) is 9.59 Å². The van der Waals surface area contributed by atoms with Gasteiger partial charge in [0.25, 0.3) is 5.91 Å². The minimum absolute atomic E-state index is 0.208. The molecule has 34 heavy (non-hydrogen) atoms. The average Bonchev–Trinajstić information content (AvgIpc) is 2.84. The zero-order valence-corrected chi connectivity index (χ0v) is 20.9. The van der Waals surface area contributed by atoms with E-state index in [1.807, 2.05) is 56.3 Å². The number of nitrogens with zero attached hydrogens (tertiary/aromatic N) is 1. The van der Waals surface area contributed by atoms with Crippen LogP contribution < -0.4 is 20.3 Å². The Labute approximate surface area is 202 Å². The fourth-order valence-electron chi connectivity index (χ4n) is 4.32.